The van der Waals surface area contributed by atoms with Crippen LogP contribution in [0.1, 0.15) is 12.2 Å². The molecule has 0 radical (unpaired) electrons. The Morgan fingerprint density at radius 3 is 2.94 bits per heavy atom. The minimum absolute atomic E-state index is 0.0970. The van der Waals surface area contributed by atoms with E-state index in [1.54, 1.807) is 17.3 Å². The van der Waals surface area contributed by atoms with Crippen molar-refractivity contribution in [2.75, 3.05) is 6.54 Å². The predicted molar refractivity (Wildman–Crippen MR) is 54.4 cm³/mol. The van der Waals surface area contributed by atoms with Gasteiger partial charge < -0.3 is 14.6 Å². The molecule has 1 unspecified atom stereocenters. The minimum atomic E-state index is -0.907. The lowest BCUT2D eigenvalue weighted by atomic mass is 10.1. The van der Waals surface area contributed by atoms with Crippen LogP contribution in [0.2, 0.25) is 0 Å². The zero-order chi connectivity index (χ0) is 11.7. The maximum Gasteiger partial charge on any atom is 0.308 e. The second kappa shape index (κ2) is 3.96. The zero-order valence-corrected chi connectivity index (χ0v) is 8.96. The first-order valence-electron chi connectivity index (χ1n) is 5.04. The number of aryl methyl sites for hydroxylation is 1. The standard InChI is InChI=1S/C10H13N3O3/c1-12-3-2-11-8(12)6-13-5-7(10(15)16)4-9(13)14/h2-3,7H,4-6H2,1H3,(H,15,16). The maximum atomic E-state index is 11.6. The van der Waals surface area contributed by atoms with E-state index in [0.717, 1.165) is 5.82 Å². The van der Waals surface area contributed by atoms with E-state index >= 15 is 0 Å². The van der Waals surface area contributed by atoms with Crippen LogP contribution < -0.4 is 0 Å². The number of nitrogens with zero attached hydrogens (tertiary/aromatic N) is 3. The molecule has 1 saturated heterocycles. The number of imidazole rings is 1. The summed E-state index contributed by atoms with van der Waals surface area (Å²) in [5.74, 6) is -0.835. The van der Waals surface area contributed by atoms with E-state index in [0.29, 0.717) is 6.54 Å². The molecule has 1 aliphatic rings. The van der Waals surface area contributed by atoms with Crippen LogP contribution in [-0.4, -0.2) is 38.0 Å². The van der Waals surface area contributed by atoms with E-state index in [1.807, 2.05) is 11.6 Å². The Morgan fingerprint density at radius 2 is 2.44 bits per heavy atom. The van der Waals surface area contributed by atoms with Gasteiger partial charge in [-0.1, -0.05) is 0 Å². The molecule has 0 aromatic carbocycles. The molecule has 0 aliphatic carbocycles. The third kappa shape index (κ3) is 1.91. The summed E-state index contributed by atoms with van der Waals surface area (Å²) in [4.78, 5) is 28.0. The van der Waals surface area contributed by atoms with Gasteiger partial charge in [0.15, 0.2) is 0 Å². The van der Waals surface area contributed by atoms with Gasteiger partial charge in [-0.25, -0.2) is 4.98 Å². The lowest BCUT2D eigenvalue weighted by Gasteiger charge is -2.15. The second-order valence-corrected chi connectivity index (χ2v) is 3.97. The average Bonchev–Trinajstić information content (AvgIpc) is 2.76. The molecule has 16 heavy (non-hydrogen) atoms. The lowest BCUT2D eigenvalue weighted by molar-refractivity contribution is -0.141. The van der Waals surface area contributed by atoms with Gasteiger partial charge >= 0.3 is 5.97 Å². The molecule has 1 atom stereocenters. The number of carbonyl (C=O) groups excluding carboxylic acids is 1. The molecule has 6 heteroatoms. The fourth-order valence-corrected chi connectivity index (χ4v) is 1.81. The van der Waals surface area contributed by atoms with Gasteiger partial charge in [-0.05, 0) is 0 Å². The van der Waals surface area contributed by atoms with Crippen molar-refractivity contribution in [3.8, 4) is 0 Å². The van der Waals surface area contributed by atoms with Crippen molar-refractivity contribution in [2.24, 2.45) is 13.0 Å². The van der Waals surface area contributed by atoms with Gasteiger partial charge in [-0.3, -0.25) is 9.59 Å². The fourth-order valence-electron chi connectivity index (χ4n) is 1.81. The molecule has 1 N–H and O–H groups in total. The first-order chi connectivity index (χ1) is 7.58. The van der Waals surface area contributed by atoms with Crippen LogP contribution in [0.5, 0.6) is 0 Å². The highest BCUT2D eigenvalue weighted by Crippen LogP contribution is 2.19. The number of rotatable bonds is 3. The van der Waals surface area contributed by atoms with E-state index in [9.17, 15) is 9.59 Å². The summed E-state index contributed by atoms with van der Waals surface area (Å²) in [7, 11) is 1.84. The number of carbonyl (C=O) groups is 2. The first-order valence-corrected chi connectivity index (χ1v) is 5.04. The third-order valence-electron chi connectivity index (χ3n) is 2.82. The summed E-state index contributed by atoms with van der Waals surface area (Å²) in [6.45, 7) is 0.660. The summed E-state index contributed by atoms with van der Waals surface area (Å²) in [5.41, 5.74) is 0. The Hall–Kier alpha value is -1.85. The minimum Gasteiger partial charge on any atom is -0.481 e. The van der Waals surface area contributed by atoms with Crippen molar-refractivity contribution in [2.45, 2.75) is 13.0 Å². The number of amides is 1. The van der Waals surface area contributed by atoms with Crippen molar-refractivity contribution in [3.63, 3.8) is 0 Å². The van der Waals surface area contributed by atoms with Crippen LogP contribution in [0.15, 0.2) is 12.4 Å². The molecule has 6 nitrogen and oxygen atoms in total. The first kappa shape index (κ1) is 10.7. The fraction of sp³-hybridized carbons (Fsp3) is 0.500. The molecule has 86 valence electrons. The molecule has 1 aromatic heterocycles. The van der Waals surface area contributed by atoms with Crippen molar-refractivity contribution < 1.29 is 14.7 Å². The van der Waals surface area contributed by atoms with Gasteiger partial charge in [-0.2, -0.15) is 0 Å². The molecule has 0 saturated carbocycles. The second-order valence-electron chi connectivity index (χ2n) is 3.97. The molecule has 2 rings (SSSR count). The highest BCUT2D eigenvalue weighted by Gasteiger charge is 2.34. The Balaban J connectivity index is 2.04. The Labute approximate surface area is 92.5 Å². The Bertz CT molecular complexity index is 427. The number of carboxylic acids is 1. The Kier molecular flexibility index (Phi) is 2.64. The molecule has 1 aliphatic heterocycles. The van der Waals surface area contributed by atoms with Crippen LogP contribution in [0, 0.1) is 5.92 Å². The van der Waals surface area contributed by atoms with Crippen molar-refractivity contribution >= 4 is 11.9 Å². The zero-order valence-electron chi connectivity index (χ0n) is 8.96. The largest absolute Gasteiger partial charge is 0.481 e. The predicted octanol–water partition coefficient (Wildman–Crippen LogP) is -0.147. The molecular formula is C10H13N3O3. The third-order valence-corrected chi connectivity index (χ3v) is 2.82. The number of aliphatic carboxylic acids is 1. The van der Waals surface area contributed by atoms with E-state index in [1.165, 1.54) is 0 Å². The van der Waals surface area contributed by atoms with E-state index in [4.69, 9.17) is 5.11 Å². The van der Waals surface area contributed by atoms with Crippen LogP contribution in [0.25, 0.3) is 0 Å². The lowest BCUT2D eigenvalue weighted by Crippen LogP contribution is -2.27. The van der Waals surface area contributed by atoms with E-state index in [2.05, 4.69) is 4.98 Å². The van der Waals surface area contributed by atoms with Gasteiger partial charge in [0.2, 0.25) is 5.91 Å². The quantitative estimate of drug-likeness (QED) is 0.773. The molecule has 0 spiro atoms. The summed E-state index contributed by atoms with van der Waals surface area (Å²) >= 11 is 0. The molecule has 0 bridgehead atoms. The van der Waals surface area contributed by atoms with Gasteiger partial charge in [-0.15, -0.1) is 0 Å². The maximum absolute atomic E-state index is 11.6. The number of hydrogen-bond donors (Lipinski definition) is 1. The molecular weight excluding hydrogens is 210 g/mol. The number of carboxylic acid groups (broad SMARTS) is 1. The summed E-state index contributed by atoms with van der Waals surface area (Å²) in [6.07, 6.45) is 3.55. The van der Waals surface area contributed by atoms with E-state index in [-0.39, 0.29) is 18.9 Å². The van der Waals surface area contributed by atoms with Crippen LogP contribution in [0.4, 0.5) is 0 Å². The summed E-state index contributed by atoms with van der Waals surface area (Å²) < 4.78 is 1.82. The van der Waals surface area contributed by atoms with Gasteiger partial charge in [0.25, 0.3) is 0 Å². The number of likely N-dealkylation sites (tertiary alicyclic amines) is 1. The van der Waals surface area contributed by atoms with Crippen molar-refractivity contribution in [3.05, 3.63) is 18.2 Å². The average molecular weight is 223 g/mol. The van der Waals surface area contributed by atoms with Gasteiger partial charge in [0, 0.05) is 32.4 Å². The highest BCUT2D eigenvalue weighted by molar-refractivity contribution is 5.85. The molecule has 1 aromatic rings. The number of aromatic nitrogens is 2. The van der Waals surface area contributed by atoms with Crippen LogP contribution >= 0.6 is 0 Å². The normalized spacial score (nSPS) is 20.4. The monoisotopic (exact) mass is 223 g/mol. The van der Waals surface area contributed by atoms with E-state index < -0.39 is 11.9 Å². The topological polar surface area (TPSA) is 75.4 Å². The Morgan fingerprint density at radius 1 is 1.69 bits per heavy atom. The van der Waals surface area contributed by atoms with Gasteiger partial charge in [0.05, 0.1) is 12.5 Å². The number of hydrogen-bond acceptors (Lipinski definition) is 3. The molecule has 2 heterocycles. The van der Waals surface area contributed by atoms with Crippen molar-refractivity contribution in [1.82, 2.24) is 14.5 Å². The molecule has 1 fully saturated rings. The van der Waals surface area contributed by atoms with Crippen LogP contribution in [-0.2, 0) is 23.2 Å². The molecule has 1 amide bonds. The smallest absolute Gasteiger partial charge is 0.308 e. The summed E-state index contributed by atoms with van der Waals surface area (Å²) in [5, 5.41) is 8.83. The highest BCUT2D eigenvalue weighted by atomic mass is 16.4. The van der Waals surface area contributed by atoms with Crippen LogP contribution in [0.3, 0.4) is 0 Å². The van der Waals surface area contributed by atoms with Gasteiger partial charge in [0.1, 0.15) is 5.82 Å². The van der Waals surface area contributed by atoms with Crippen molar-refractivity contribution in [1.29, 1.82) is 0 Å². The SMILES string of the molecule is Cn1ccnc1CN1CC(C(=O)O)CC1=O. The summed E-state index contributed by atoms with van der Waals surface area (Å²) in [6, 6.07) is 0.